The average Bonchev–Trinajstić information content (AvgIpc) is 2.63. The number of benzene rings is 1. The van der Waals surface area contributed by atoms with Crippen LogP contribution in [0.1, 0.15) is 0 Å². The predicted octanol–water partition coefficient (Wildman–Crippen LogP) is 0.454. The zero-order valence-corrected chi connectivity index (χ0v) is 15.6. The highest BCUT2D eigenvalue weighted by Crippen LogP contribution is 2.27. The number of piperazine rings is 1. The first-order chi connectivity index (χ1) is 12.4. The van der Waals surface area contributed by atoms with Crippen LogP contribution in [0.3, 0.4) is 0 Å². The van der Waals surface area contributed by atoms with Crippen molar-refractivity contribution in [2.45, 2.75) is 6.67 Å². The number of hydrogen-bond donors (Lipinski definition) is 0. The molecular formula is C17H22N4O4S. The monoisotopic (exact) mass is 378 g/mol. The predicted molar refractivity (Wildman–Crippen MR) is 98.5 cm³/mol. The zero-order valence-electron chi connectivity index (χ0n) is 14.8. The van der Waals surface area contributed by atoms with E-state index < -0.39 is 10.0 Å². The van der Waals surface area contributed by atoms with Crippen molar-refractivity contribution in [2.24, 2.45) is 0 Å². The Bertz CT molecular complexity index is 934. The lowest BCUT2D eigenvalue weighted by atomic mass is 10.1. The summed E-state index contributed by atoms with van der Waals surface area (Å²) in [4.78, 5) is 14.2. The number of rotatable bonds is 5. The van der Waals surface area contributed by atoms with E-state index in [2.05, 4.69) is 5.10 Å². The lowest BCUT2D eigenvalue weighted by molar-refractivity contribution is 0.143. The van der Waals surface area contributed by atoms with Gasteiger partial charge < -0.3 is 4.74 Å². The fourth-order valence-electron chi connectivity index (χ4n) is 2.94. The van der Waals surface area contributed by atoms with Crippen LogP contribution in [0.25, 0.3) is 11.3 Å². The van der Waals surface area contributed by atoms with Crippen molar-refractivity contribution >= 4 is 10.0 Å². The fraction of sp³-hybridized carbons (Fsp3) is 0.412. The van der Waals surface area contributed by atoms with E-state index in [1.807, 2.05) is 29.2 Å². The third-order valence-electron chi connectivity index (χ3n) is 4.38. The van der Waals surface area contributed by atoms with Crippen LogP contribution >= 0.6 is 0 Å². The normalized spacial score (nSPS) is 16.5. The van der Waals surface area contributed by atoms with Crippen molar-refractivity contribution in [3.05, 3.63) is 46.8 Å². The van der Waals surface area contributed by atoms with Crippen molar-refractivity contribution in [3.63, 3.8) is 0 Å². The Balaban J connectivity index is 1.78. The minimum absolute atomic E-state index is 0.200. The van der Waals surface area contributed by atoms with Crippen molar-refractivity contribution in [1.82, 2.24) is 19.0 Å². The number of methoxy groups -OCH3 is 1. The summed E-state index contributed by atoms with van der Waals surface area (Å²) in [6.07, 6.45) is 1.21. The molecule has 1 fully saturated rings. The van der Waals surface area contributed by atoms with E-state index in [1.54, 1.807) is 13.2 Å². The highest BCUT2D eigenvalue weighted by molar-refractivity contribution is 7.88. The summed E-state index contributed by atoms with van der Waals surface area (Å²) in [5.74, 6) is 0.687. The first kappa shape index (κ1) is 18.6. The molecule has 1 aliphatic heterocycles. The van der Waals surface area contributed by atoms with Crippen LogP contribution in [0, 0.1) is 0 Å². The van der Waals surface area contributed by atoms with Gasteiger partial charge in [0.15, 0.2) is 0 Å². The lowest BCUT2D eigenvalue weighted by Crippen LogP contribution is -2.49. The Morgan fingerprint density at radius 1 is 1.08 bits per heavy atom. The van der Waals surface area contributed by atoms with Gasteiger partial charge >= 0.3 is 0 Å². The van der Waals surface area contributed by atoms with Crippen molar-refractivity contribution in [2.75, 3.05) is 39.5 Å². The third kappa shape index (κ3) is 4.12. The van der Waals surface area contributed by atoms with Crippen molar-refractivity contribution in [3.8, 4) is 17.0 Å². The molecule has 2 heterocycles. The second kappa shape index (κ2) is 7.56. The van der Waals surface area contributed by atoms with Crippen LogP contribution in [-0.2, 0) is 16.7 Å². The molecule has 1 aromatic heterocycles. The Morgan fingerprint density at radius 3 is 2.42 bits per heavy atom. The summed E-state index contributed by atoms with van der Waals surface area (Å²) >= 11 is 0. The molecule has 1 aromatic carbocycles. The van der Waals surface area contributed by atoms with E-state index in [4.69, 9.17) is 4.74 Å². The number of hydrogen-bond acceptors (Lipinski definition) is 6. The molecule has 0 atom stereocenters. The molecule has 0 radical (unpaired) electrons. The Labute approximate surface area is 152 Å². The summed E-state index contributed by atoms with van der Waals surface area (Å²) in [5, 5.41) is 4.46. The molecule has 9 heteroatoms. The van der Waals surface area contributed by atoms with Crippen molar-refractivity contribution < 1.29 is 13.2 Å². The summed E-state index contributed by atoms with van der Waals surface area (Å²) in [6.45, 7) is 2.26. The van der Waals surface area contributed by atoms with Crippen LogP contribution in [0.15, 0.2) is 41.2 Å². The largest absolute Gasteiger partial charge is 0.496 e. The van der Waals surface area contributed by atoms with Gasteiger partial charge in [0.2, 0.25) is 10.0 Å². The lowest BCUT2D eigenvalue weighted by Gasteiger charge is -2.33. The van der Waals surface area contributed by atoms with Gasteiger partial charge in [0.1, 0.15) is 5.75 Å². The molecule has 0 aliphatic carbocycles. The summed E-state index contributed by atoms with van der Waals surface area (Å²) < 4.78 is 31.4. The maximum Gasteiger partial charge on any atom is 0.268 e. The molecule has 0 bridgehead atoms. The van der Waals surface area contributed by atoms with Crippen LogP contribution in [0.5, 0.6) is 5.75 Å². The molecule has 0 amide bonds. The summed E-state index contributed by atoms with van der Waals surface area (Å²) in [5.41, 5.74) is 1.26. The minimum atomic E-state index is -3.17. The Morgan fingerprint density at radius 2 is 1.77 bits per heavy atom. The van der Waals surface area contributed by atoms with Gasteiger partial charge in [0.25, 0.3) is 5.56 Å². The topological polar surface area (TPSA) is 84.7 Å². The smallest absolute Gasteiger partial charge is 0.268 e. The molecule has 3 rings (SSSR count). The van der Waals surface area contributed by atoms with E-state index >= 15 is 0 Å². The number of ether oxygens (including phenoxy) is 1. The standard InChI is InChI=1S/C17H22N4O4S/c1-25-16-6-4-3-5-14(16)15-7-8-17(22)21(18-15)13-19-9-11-20(12-10-19)26(2,23)24/h3-8H,9-13H2,1-2H3. The number of aromatic nitrogens is 2. The molecule has 8 nitrogen and oxygen atoms in total. The van der Waals surface area contributed by atoms with Gasteiger partial charge in [-0.2, -0.15) is 9.40 Å². The van der Waals surface area contributed by atoms with Gasteiger partial charge in [-0.1, -0.05) is 12.1 Å². The van der Waals surface area contributed by atoms with E-state index in [0.29, 0.717) is 44.3 Å². The maximum absolute atomic E-state index is 12.2. The molecule has 0 spiro atoms. The van der Waals surface area contributed by atoms with Gasteiger partial charge in [0.05, 0.1) is 25.7 Å². The van der Waals surface area contributed by atoms with Gasteiger partial charge in [-0.15, -0.1) is 0 Å². The minimum Gasteiger partial charge on any atom is -0.496 e. The van der Waals surface area contributed by atoms with Gasteiger partial charge in [0, 0.05) is 37.8 Å². The van der Waals surface area contributed by atoms with Crippen LogP contribution in [0.2, 0.25) is 0 Å². The first-order valence-electron chi connectivity index (χ1n) is 8.27. The maximum atomic E-state index is 12.2. The van der Waals surface area contributed by atoms with Crippen LogP contribution in [-0.4, -0.2) is 66.9 Å². The first-order valence-corrected chi connectivity index (χ1v) is 10.1. The SMILES string of the molecule is COc1ccccc1-c1ccc(=O)n(CN2CCN(S(C)(=O)=O)CC2)n1. The molecule has 0 saturated carbocycles. The van der Waals surface area contributed by atoms with E-state index in [0.717, 1.165) is 5.56 Å². The van der Waals surface area contributed by atoms with Crippen LogP contribution < -0.4 is 10.3 Å². The molecule has 26 heavy (non-hydrogen) atoms. The Hall–Kier alpha value is -2.23. The van der Waals surface area contributed by atoms with Gasteiger partial charge in [-0.3, -0.25) is 9.69 Å². The molecular weight excluding hydrogens is 356 g/mol. The quantitative estimate of drug-likeness (QED) is 0.751. The highest BCUT2D eigenvalue weighted by Gasteiger charge is 2.23. The van der Waals surface area contributed by atoms with E-state index in [9.17, 15) is 13.2 Å². The molecule has 0 N–H and O–H groups in total. The number of nitrogens with zero attached hydrogens (tertiary/aromatic N) is 4. The molecule has 2 aromatic rings. The number of para-hydroxylation sites is 1. The second-order valence-electron chi connectivity index (χ2n) is 6.18. The molecule has 0 unspecified atom stereocenters. The van der Waals surface area contributed by atoms with E-state index in [1.165, 1.54) is 21.3 Å². The third-order valence-corrected chi connectivity index (χ3v) is 5.69. The summed E-state index contributed by atoms with van der Waals surface area (Å²) in [7, 11) is -1.58. The highest BCUT2D eigenvalue weighted by atomic mass is 32.2. The van der Waals surface area contributed by atoms with E-state index in [-0.39, 0.29) is 5.56 Å². The fourth-order valence-corrected chi connectivity index (χ4v) is 3.77. The molecule has 140 valence electrons. The summed E-state index contributed by atoms with van der Waals surface area (Å²) in [6, 6.07) is 10.7. The molecule has 1 aliphatic rings. The van der Waals surface area contributed by atoms with Crippen LogP contribution in [0.4, 0.5) is 0 Å². The number of sulfonamides is 1. The van der Waals surface area contributed by atoms with Crippen molar-refractivity contribution in [1.29, 1.82) is 0 Å². The molecule has 1 saturated heterocycles. The second-order valence-corrected chi connectivity index (χ2v) is 8.16. The average molecular weight is 378 g/mol. The zero-order chi connectivity index (χ0) is 18.7. The van der Waals surface area contributed by atoms with Gasteiger partial charge in [-0.25, -0.2) is 13.1 Å². The Kier molecular flexibility index (Phi) is 5.40. The van der Waals surface area contributed by atoms with Gasteiger partial charge in [-0.05, 0) is 18.2 Å².